The van der Waals surface area contributed by atoms with E-state index in [-0.39, 0.29) is 5.54 Å². The normalized spacial score (nSPS) is 22.1. The van der Waals surface area contributed by atoms with Gasteiger partial charge >= 0.3 is 0 Å². The molecule has 1 saturated heterocycles. The first-order valence-electron chi connectivity index (χ1n) is 7.11. The van der Waals surface area contributed by atoms with Crippen LogP contribution in [0.1, 0.15) is 45.1 Å². The zero-order valence-corrected chi connectivity index (χ0v) is 11.7. The lowest BCUT2D eigenvalue weighted by atomic mass is 9.89. The minimum absolute atomic E-state index is 0.0586. The summed E-state index contributed by atoms with van der Waals surface area (Å²) in [5.41, 5.74) is 7.55. The summed E-state index contributed by atoms with van der Waals surface area (Å²) < 4.78 is 0. The molecule has 1 aliphatic heterocycles. The van der Waals surface area contributed by atoms with E-state index in [0.717, 1.165) is 13.0 Å². The minimum Gasteiger partial charge on any atom is -0.326 e. The number of nitrogens with two attached hydrogens (primary N) is 1. The van der Waals surface area contributed by atoms with E-state index in [1.807, 2.05) is 0 Å². The third kappa shape index (κ3) is 4.11. The predicted octanol–water partition coefficient (Wildman–Crippen LogP) is 3.17. The van der Waals surface area contributed by atoms with E-state index in [1.54, 1.807) is 0 Å². The Labute approximate surface area is 111 Å². The lowest BCUT2D eigenvalue weighted by molar-refractivity contribution is 0.116. The Balaban J connectivity index is 2.00. The summed E-state index contributed by atoms with van der Waals surface area (Å²) in [6.45, 7) is 6.57. The van der Waals surface area contributed by atoms with Gasteiger partial charge in [0.25, 0.3) is 0 Å². The van der Waals surface area contributed by atoms with Gasteiger partial charge in [0, 0.05) is 18.1 Å². The third-order valence-corrected chi connectivity index (χ3v) is 3.74. The van der Waals surface area contributed by atoms with Crippen molar-refractivity contribution in [3.05, 3.63) is 35.9 Å². The molecule has 0 aromatic heterocycles. The fourth-order valence-corrected chi connectivity index (χ4v) is 2.92. The molecule has 1 aromatic rings. The standard InChI is InChI=1S/C16H26N2/c1-16(2,17)12-15-10-6-7-11-18(15)13-14-8-4-3-5-9-14/h3-5,8-9,15H,6-7,10-13,17H2,1-2H3. The molecule has 1 aromatic carbocycles. The molecule has 100 valence electrons. The lowest BCUT2D eigenvalue weighted by Crippen LogP contribution is -2.46. The molecule has 1 aliphatic rings. The molecule has 1 unspecified atom stereocenters. The monoisotopic (exact) mass is 246 g/mol. The highest BCUT2D eigenvalue weighted by atomic mass is 15.2. The van der Waals surface area contributed by atoms with E-state index < -0.39 is 0 Å². The molecule has 1 heterocycles. The highest BCUT2D eigenvalue weighted by molar-refractivity contribution is 5.14. The van der Waals surface area contributed by atoms with Crippen molar-refractivity contribution >= 4 is 0 Å². The number of hydrogen-bond acceptors (Lipinski definition) is 2. The van der Waals surface area contributed by atoms with Gasteiger partial charge in [0.2, 0.25) is 0 Å². The highest BCUT2D eigenvalue weighted by Gasteiger charge is 2.26. The van der Waals surface area contributed by atoms with E-state index in [4.69, 9.17) is 5.73 Å². The van der Waals surface area contributed by atoms with E-state index >= 15 is 0 Å². The van der Waals surface area contributed by atoms with Crippen molar-refractivity contribution in [2.45, 2.75) is 57.7 Å². The molecule has 2 rings (SSSR count). The summed E-state index contributed by atoms with van der Waals surface area (Å²) in [6, 6.07) is 11.4. The van der Waals surface area contributed by atoms with Crippen molar-refractivity contribution in [3.63, 3.8) is 0 Å². The summed E-state index contributed by atoms with van der Waals surface area (Å²) in [4.78, 5) is 2.62. The zero-order chi connectivity index (χ0) is 13.0. The maximum absolute atomic E-state index is 6.20. The maximum atomic E-state index is 6.20. The zero-order valence-electron chi connectivity index (χ0n) is 11.7. The van der Waals surface area contributed by atoms with Gasteiger partial charge in [0.1, 0.15) is 0 Å². The first-order chi connectivity index (χ1) is 8.54. The number of hydrogen-bond donors (Lipinski definition) is 1. The summed E-state index contributed by atoms with van der Waals surface area (Å²) in [5.74, 6) is 0. The van der Waals surface area contributed by atoms with Crippen LogP contribution in [0.15, 0.2) is 30.3 Å². The van der Waals surface area contributed by atoms with Gasteiger partial charge in [-0.25, -0.2) is 0 Å². The van der Waals surface area contributed by atoms with Crippen LogP contribution in [-0.4, -0.2) is 23.0 Å². The highest BCUT2D eigenvalue weighted by Crippen LogP contribution is 2.25. The van der Waals surface area contributed by atoms with Crippen LogP contribution in [-0.2, 0) is 6.54 Å². The average Bonchev–Trinajstić information content (AvgIpc) is 2.31. The van der Waals surface area contributed by atoms with E-state index in [0.29, 0.717) is 6.04 Å². The number of nitrogens with zero attached hydrogens (tertiary/aromatic N) is 1. The van der Waals surface area contributed by atoms with Crippen LogP contribution in [0.3, 0.4) is 0 Å². The first-order valence-corrected chi connectivity index (χ1v) is 7.11. The molecule has 0 spiro atoms. The molecular formula is C16H26N2. The number of benzene rings is 1. The van der Waals surface area contributed by atoms with Gasteiger partial charge in [0.15, 0.2) is 0 Å². The topological polar surface area (TPSA) is 29.3 Å². The van der Waals surface area contributed by atoms with Crippen LogP contribution in [0.2, 0.25) is 0 Å². The smallest absolute Gasteiger partial charge is 0.0236 e. The van der Waals surface area contributed by atoms with Crippen LogP contribution >= 0.6 is 0 Å². The van der Waals surface area contributed by atoms with Crippen molar-refractivity contribution in [2.75, 3.05) is 6.54 Å². The second-order valence-corrected chi connectivity index (χ2v) is 6.30. The van der Waals surface area contributed by atoms with Crippen LogP contribution in [0, 0.1) is 0 Å². The van der Waals surface area contributed by atoms with Gasteiger partial charge in [-0.1, -0.05) is 36.8 Å². The van der Waals surface area contributed by atoms with Gasteiger partial charge < -0.3 is 5.73 Å². The van der Waals surface area contributed by atoms with E-state index in [2.05, 4.69) is 49.1 Å². The van der Waals surface area contributed by atoms with Crippen LogP contribution in [0.25, 0.3) is 0 Å². The molecule has 0 bridgehead atoms. The number of piperidine rings is 1. The van der Waals surface area contributed by atoms with Crippen LogP contribution in [0.5, 0.6) is 0 Å². The number of likely N-dealkylation sites (tertiary alicyclic amines) is 1. The van der Waals surface area contributed by atoms with Crippen LogP contribution in [0.4, 0.5) is 0 Å². The van der Waals surface area contributed by atoms with Crippen LogP contribution < -0.4 is 5.73 Å². The van der Waals surface area contributed by atoms with Crippen molar-refractivity contribution in [2.24, 2.45) is 5.73 Å². The second-order valence-electron chi connectivity index (χ2n) is 6.30. The fraction of sp³-hybridized carbons (Fsp3) is 0.625. The lowest BCUT2D eigenvalue weighted by Gasteiger charge is -2.39. The molecule has 2 heteroatoms. The Hall–Kier alpha value is -0.860. The van der Waals surface area contributed by atoms with Gasteiger partial charge in [-0.15, -0.1) is 0 Å². The Morgan fingerprint density at radius 1 is 1.22 bits per heavy atom. The van der Waals surface area contributed by atoms with Gasteiger partial charge in [-0.05, 0) is 45.2 Å². The molecule has 2 N–H and O–H groups in total. The Morgan fingerprint density at radius 2 is 1.94 bits per heavy atom. The second kappa shape index (κ2) is 5.85. The largest absolute Gasteiger partial charge is 0.326 e. The van der Waals surface area contributed by atoms with Crippen molar-refractivity contribution in [3.8, 4) is 0 Å². The van der Waals surface area contributed by atoms with Crippen molar-refractivity contribution in [1.82, 2.24) is 4.90 Å². The number of rotatable bonds is 4. The predicted molar refractivity (Wildman–Crippen MR) is 77.4 cm³/mol. The molecule has 0 saturated carbocycles. The molecule has 1 atom stereocenters. The summed E-state index contributed by atoms with van der Waals surface area (Å²) in [7, 11) is 0. The Morgan fingerprint density at radius 3 is 2.61 bits per heavy atom. The fourth-order valence-electron chi connectivity index (χ4n) is 2.92. The van der Waals surface area contributed by atoms with Gasteiger partial charge in [0.05, 0.1) is 0 Å². The quantitative estimate of drug-likeness (QED) is 0.884. The Kier molecular flexibility index (Phi) is 4.41. The van der Waals surface area contributed by atoms with Gasteiger partial charge in [-0.2, -0.15) is 0 Å². The maximum Gasteiger partial charge on any atom is 0.0236 e. The van der Waals surface area contributed by atoms with Gasteiger partial charge in [-0.3, -0.25) is 4.90 Å². The molecule has 2 nitrogen and oxygen atoms in total. The van der Waals surface area contributed by atoms with Crippen molar-refractivity contribution in [1.29, 1.82) is 0 Å². The van der Waals surface area contributed by atoms with Crippen molar-refractivity contribution < 1.29 is 0 Å². The summed E-state index contributed by atoms with van der Waals surface area (Å²) in [5, 5.41) is 0. The molecule has 1 fully saturated rings. The van der Waals surface area contributed by atoms with E-state index in [1.165, 1.54) is 31.4 Å². The minimum atomic E-state index is -0.0586. The molecule has 18 heavy (non-hydrogen) atoms. The average molecular weight is 246 g/mol. The summed E-state index contributed by atoms with van der Waals surface area (Å²) in [6.07, 6.45) is 5.08. The third-order valence-electron chi connectivity index (χ3n) is 3.74. The summed E-state index contributed by atoms with van der Waals surface area (Å²) >= 11 is 0. The Bertz CT molecular complexity index is 353. The molecule has 0 aliphatic carbocycles. The molecule has 0 amide bonds. The van der Waals surface area contributed by atoms with E-state index in [9.17, 15) is 0 Å². The molecule has 0 radical (unpaired) electrons. The SMILES string of the molecule is CC(C)(N)CC1CCCCN1Cc1ccccc1. The first kappa shape index (κ1) is 13.6. The molecular weight excluding hydrogens is 220 g/mol.